The Morgan fingerprint density at radius 3 is 2.52 bits per heavy atom. The lowest BCUT2D eigenvalue weighted by Gasteiger charge is -2.38. The Bertz CT molecular complexity index is 635. The second-order valence-electron chi connectivity index (χ2n) is 5.62. The molecule has 0 saturated carbocycles. The van der Waals surface area contributed by atoms with E-state index in [4.69, 9.17) is 4.74 Å². The van der Waals surface area contributed by atoms with Crippen LogP contribution in [0.25, 0.3) is 0 Å². The number of carbonyl (C=O) groups excluding carboxylic acids is 1. The van der Waals surface area contributed by atoms with Crippen molar-refractivity contribution in [3.63, 3.8) is 0 Å². The quantitative estimate of drug-likeness (QED) is 0.802. The number of benzene rings is 1. The number of nitrogens with one attached hydrogen (secondary N) is 2. The number of fused-ring (bicyclic) bond motifs is 1. The summed E-state index contributed by atoms with van der Waals surface area (Å²) in [6.45, 7) is 0.324. The molecule has 9 heteroatoms. The number of carbonyl (C=O) groups is 1. The van der Waals surface area contributed by atoms with E-state index in [0.29, 0.717) is 11.1 Å². The van der Waals surface area contributed by atoms with Crippen molar-refractivity contribution >= 4 is 5.91 Å². The van der Waals surface area contributed by atoms with Crippen LogP contribution >= 0.6 is 0 Å². The molecule has 2 unspecified atom stereocenters. The summed E-state index contributed by atoms with van der Waals surface area (Å²) in [5.41, 5.74) is 5.82. The summed E-state index contributed by atoms with van der Waals surface area (Å²) in [5.74, 6) is -3.73. The first-order valence-corrected chi connectivity index (χ1v) is 7.00. The summed E-state index contributed by atoms with van der Waals surface area (Å²) in [6, 6.07) is 1.71. The Hall–Kier alpha value is -1.87. The molecule has 1 aromatic rings. The van der Waals surface area contributed by atoms with Gasteiger partial charge in [-0.25, -0.2) is 9.82 Å². The minimum Gasteiger partial charge on any atom is -0.494 e. The number of hydrogen-bond acceptors (Lipinski definition) is 4. The van der Waals surface area contributed by atoms with E-state index in [1.807, 2.05) is 5.43 Å². The fourth-order valence-corrected chi connectivity index (χ4v) is 3.14. The molecule has 5 nitrogen and oxygen atoms in total. The highest BCUT2D eigenvalue weighted by atomic mass is 19.4. The van der Waals surface area contributed by atoms with Crippen LogP contribution in [-0.2, 0) is 17.9 Å². The second-order valence-corrected chi connectivity index (χ2v) is 5.62. The fourth-order valence-electron chi connectivity index (χ4n) is 3.14. The lowest BCUT2D eigenvalue weighted by Crippen LogP contribution is -2.63. The molecule has 0 spiro atoms. The number of methoxy groups -OCH3 is 1. The average molecular weight is 333 g/mol. The van der Waals surface area contributed by atoms with Crippen LogP contribution in [-0.4, -0.2) is 36.7 Å². The molecule has 0 aliphatic carbocycles. The van der Waals surface area contributed by atoms with Crippen LogP contribution < -0.4 is 15.6 Å². The summed E-state index contributed by atoms with van der Waals surface area (Å²) in [7, 11) is 1.33. The molecule has 1 saturated heterocycles. The van der Waals surface area contributed by atoms with Crippen molar-refractivity contribution in [2.75, 3.05) is 13.7 Å². The Morgan fingerprint density at radius 2 is 1.91 bits per heavy atom. The predicted molar refractivity (Wildman–Crippen MR) is 71.7 cm³/mol. The highest BCUT2D eigenvalue weighted by Gasteiger charge is 2.53. The Kier molecular flexibility index (Phi) is 3.93. The number of halogens is 4. The molecule has 3 rings (SSSR count). The van der Waals surface area contributed by atoms with Gasteiger partial charge < -0.3 is 4.74 Å². The maximum absolute atomic E-state index is 13.7. The third kappa shape index (κ3) is 2.86. The zero-order valence-corrected chi connectivity index (χ0v) is 12.2. The third-order valence-electron chi connectivity index (χ3n) is 4.23. The first-order valence-electron chi connectivity index (χ1n) is 7.00. The van der Waals surface area contributed by atoms with Gasteiger partial charge in [-0.1, -0.05) is 0 Å². The maximum Gasteiger partial charge on any atom is 0.402 e. The number of amides is 1. The summed E-state index contributed by atoms with van der Waals surface area (Å²) in [6.07, 6.45) is -4.64. The lowest BCUT2D eigenvalue weighted by atomic mass is 9.95. The van der Waals surface area contributed by atoms with Gasteiger partial charge in [-0.2, -0.15) is 13.2 Å². The molecule has 2 aliphatic heterocycles. The number of rotatable bonds is 2. The van der Waals surface area contributed by atoms with E-state index in [9.17, 15) is 22.4 Å². The molecule has 2 aliphatic rings. The standard InChI is InChI=1S/C14H15F4N3O2/c1-23-11-3-8-6-21(5-7(8)2-9(11)15)10-4-19-20-13(22)12(10)14(16,17)18/h2-3,10,12,19H,4-6H2,1H3,(H,20,22). The van der Waals surface area contributed by atoms with Crippen LogP contribution in [0.15, 0.2) is 12.1 Å². The van der Waals surface area contributed by atoms with Gasteiger partial charge in [0.25, 0.3) is 0 Å². The molecular weight excluding hydrogens is 318 g/mol. The van der Waals surface area contributed by atoms with Gasteiger partial charge in [-0.05, 0) is 23.3 Å². The van der Waals surface area contributed by atoms with E-state index in [2.05, 4.69) is 5.43 Å². The van der Waals surface area contributed by atoms with E-state index in [1.54, 1.807) is 0 Å². The fraction of sp³-hybridized carbons (Fsp3) is 0.500. The molecule has 1 amide bonds. The zero-order valence-electron chi connectivity index (χ0n) is 12.2. The van der Waals surface area contributed by atoms with Crippen LogP contribution in [0.2, 0.25) is 0 Å². The van der Waals surface area contributed by atoms with Gasteiger partial charge in [0.15, 0.2) is 17.5 Å². The van der Waals surface area contributed by atoms with Crippen LogP contribution in [0, 0.1) is 11.7 Å². The number of alkyl halides is 3. The summed E-state index contributed by atoms with van der Waals surface area (Å²) >= 11 is 0. The van der Waals surface area contributed by atoms with Crippen molar-refractivity contribution < 1.29 is 27.1 Å². The molecule has 2 N–H and O–H groups in total. The summed E-state index contributed by atoms with van der Waals surface area (Å²) in [5, 5.41) is 0. The molecule has 126 valence electrons. The Balaban J connectivity index is 1.86. The predicted octanol–water partition coefficient (Wildman–Crippen LogP) is 1.33. The average Bonchev–Trinajstić information content (AvgIpc) is 2.87. The van der Waals surface area contributed by atoms with Crippen LogP contribution in [0.1, 0.15) is 11.1 Å². The minimum atomic E-state index is -4.64. The molecule has 2 heterocycles. The minimum absolute atomic E-state index is 0.0382. The zero-order chi connectivity index (χ0) is 16.8. The normalized spacial score (nSPS) is 25.2. The monoisotopic (exact) mass is 333 g/mol. The number of hydrogen-bond donors (Lipinski definition) is 2. The van der Waals surface area contributed by atoms with Gasteiger partial charge in [0.05, 0.1) is 7.11 Å². The van der Waals surface area contributed by atoms with E-state index in [1.165, 1.54) is 24.1 Å². The first-order chi connectivity index (χ1) is 10.8. The molecule has 1 fully saturated rings. The third-order valence-corrected chi connectivity index (χ3v) is 4.23. The Morgan fingerprint density at radius 1 is 1.26 bits per heavy atom. The van der Waals surface area contributed by atoms with Crippen molar-refractivity contribution in [1.82, 2.24) is 15.8 Å². The second kappa shape index (κ2) is 5.64. The van der Waals surface area contributed by atoms with E-state index < -0.39 is 29.9 Å². The SMILES string of the molecule is COc1cc2c(cc1F)CN(C1CNNC(=O)C1C(F)(F)F)C2. The van der Waals surface area contributed by atoms with Crippen molar-refractivity contribution in [3.05, 3.63) is 29.1 Å². The smallest absolute Gasteiger partial charge is 0.402 e. The highest BCUT2D eigenvalue weighted by molar-refractivity contribution is 5.80. The molecule has 23 heavy (non-hydrogen) atoms. The largest absolute Gasteiger partial charge is 0.494 e. The topological polar surface area (TPSA) is 53.6 Å². The van der Waals surface area contributed by atoms with Crippen molar-refractivity contribution in [3.8, 4) is 5.75 Å². The van der Waals surface area contributed by atoms with E-state index in [0.717, 1.165) is 0 Å². The molecule has 0 aromatic heterocycles. The Labute approximate surface area is 129 Å². The molecule has 0 bridgehead atoms. The van der Waals surface area contributed by atoms with Gasteiger partial charge in [-0.15, -0.1) is 0 Å². The number of hydrazine groups is 1. The molecule has 1 aromatic carbocycles. The van der Waals surface area contributed by atoms with Gasteiger partial charge in [0.1, 0.15) is 0 Å². The van der Waals surface area contributed by atoms with E-state index >= 15 is 0 Å². The van der Waals surface area contributed by atoms with Gasteiger partial charge in [0.2, 0.25) is 5.91 Å². The number of nitrogens with zero attached hydrogens (tertiary/aromatic N) is 1. The lowest BCUT2D eigenvalue weighted by molar-refractivity contribution is -0.201. The highest BCUT2D eigenvalue weighted by Crippen LogP contribution is 2.37. The molecular formula is C14H15F4N3O2. The van der Waals surface area contributed by atoms with Crippen LogP contribution in [0.4, 0.5) is 17.6 Å². The summed E-state index contributed by atoms with van der Waals surface area (Å²) < 4.78 is 58.3. The summed E-state index contributed by atoms with van der Waals surface area (Å²) in [4.78, 5) is 13.2. The van der Waals surface area contributed by atoms with Crippen molar-refractivity contribution in [2.24, 2.45) is 5.92 Å². The molecule has 2 atom stereocenters. The van der Waals surface area contributed by atoms with Gasteiger partial charge in [0, 0.05) is 25.7 Å². The number of ether oxygens (including phenoxy) is 1. The maximum atomic E-state index is 13.7. The first kappa shape index (κ1) is 16.0. The van der Waals surface area contributed by atoms with Crippen LogP contribution in [0.5, 0.6) is 5.75 Å². The van der Waals surface area contributed by atoms with Crippen molar-refractivity contribution in [1.29, 1.82) is 0 Å². The van der Waals surface area contributed by atoms with Crippen molar-refractivity contribution in [2.45, 2.75) is 25.3 Å². The van der Waals surface area contributed by atoms with Gasteiger partial charge in [-0.3, -0.25) is 15.1 Å². The molecule has 0 radical (unpaired) electrons. The van der Waals surface area contributed by atoms with Gasteiger partial charge >= 0.3 is 6.18 Å². The van der Waals surface area contributed by atoms with E-state index in [-0.39, 0.29) is 25.4 Å². The van der Waals surface area contributed by atoms with Crippen LogP contribution in [0.3, 0.4) is 0 Å².